The van der Waals surface area contributed by atoms with Crippen molar-refractivity contribution in [2.24, 2.45) is 0 Å². The van der Waals surface area contributed by atoms with Crippen molar-refractivity contribution in [2.75, 3.05) is 39.0 Å². The average Bonchev–Trinajstić information content (AvgIpc) is 2.30. The summed E-state index contributed by atoms with van der Waals surface area (Å²) in [5, 5.41) is 0. The molecule has 0 aromatic heterocycles. The highest BCUT2D eigenvalue weighted by atomic mass is 32.2. The second-order valence-electron chi connectivity index (χ2n) is 3.51. The molecule has 5 heteroatoms. The third kappa shape index (κ3) is 2.93. The van der Waals surface area contributed by atoms with Crippen LogP contribution < -0.4 is 0 Å². The highest BCUT2D eigenvalue weighted by Gasteiger charge is 2.19. The summed E-state index contributed by atoms with van der Waals surface area (Å²) < 4.78 is 21.2. The van der Waals surface area contributed by atoms with E-state index in [2.05, 4.69) is 11.9 Å². The first kappa shape index (κ1) is 10.9. The molecule has 0 saturated carbocycles. The molecule has 78 valence electrons. The van der Waals surface area contributed by atoms with Crippen LogP contribution in [0.4, 0.5) is 0 Å². The Bertz CT molecular complexity index is 250. The molecule has 0 aromatic carbocycles. The fourth-order valence-electron chi connectivity index (χ4n) is 1.50. The van der Waals surface area contributed by atoms with Gasteiger partial charge in [-0.3, -0.25) is 0 Å². The van der Waals surface area contributed by atoms with Gasteiger partial charge < -0.3 is 4.90 Å². The van der Waals surface area contributed by atoms with Gasteiger partial charge >= 0.3 is 0 Å². The summed E-state index contributed by atoms with van der Waals surface area (Å²) in [5.41, 5.74) is 0. The molecule has 1 unspecified atom stereocenters. The lowest BCUT2D eigenvalue weighted by molar-refractivity contribution is 0.349. The summed E-state index contributed by atoms with van der Waals surface area (Å²) in [6.07, 6.45) is 1.02. The van der Waals surface area contributed by atoms with Crippen molar-refractivity contribution in [2.45, 2.75) is 13.3 Å². The van der Waals surface area contributed by atoms with E-state index in [1.165, 1.54) is 0 Å². The van der Waals surface area contributed by atoms with Gasteiger partial charge in [0.05, 0.1) is 0 Å². The molecule has 1 rings (SSSR count). The Morgan fingerprint density at radius 2 is 2.00 bits per heavy atom. The van der Waals surface area contributed by atoms with E-state index in [0.29, 0.717) is 5.75 Å². The largest absolute Gasteiger partial charge is 0.305 e. The van der Waals surface area contributed by atoms with E-state index in [4.69, 9.17) is 4.78 Å². The SMILES string of the molecule is CCS(=N)(=O)N1CCCN(C)CC1. The molecule has 0 aliphatic carbocycles. The molecular weight excluding hydrogens is 186 g/mol. The quantitative estimate of drug-likeness (QED) is 0.718. The van der Waals surface area contributed by atoms with Crippen molar-refractivity contribution in [1.29, 1.82) is 4.78 Å². The van der Waals surface area contributed by atoms with Crippen LogP contribution in [0.1, 0.15) is 13.3 Å². The standard InChI is InChI=1S/C8H19N3OS/c1-3-13(9,12)11-6-4-5-10(2)7-8-11/h9H,3-8H2,1-2H3. The predicted octanol–water partition coefficient (Wildman–Crippen LogP) is 0.606. The molecule has 1 atom stereocenters. The van der Waals surface area contributed by atoms with Gasteiger partial charge in [-0.05, 0) is 20.0 Å². The monoisotopic (exact) mass is 205 g/mol. The minimum Gasteiger partial charge on any atom is -0.305 e. The summed E-state index contributed by atoms with van der Waals surface area (Å²) >= 11 is 0. The fraction of sp³-hybridized carbons (Fsp3) is 1.00. The maximum Gasteiger partial charge on any atom is 0.107 e. The van der Waals surface area contributed by atoms with Gasteiger partial charge in [0.2, 0.25) is 0 Å². The number of likely N-dealkylation sites (N-methyl/N-ethyl adjacent to an activating group) is 1. The van der Waals surface area contributed by atoms with E-state index < -0.39 is 9.92 Å². The highest BCUT2D eigenvalue weighted by Crippen LogP contribution is 2.07. The number of rotatable bonds is 2. The molecular formula is C8H19N3OS. The highest BCUT2D eigenvalue weighted by molar-refractivity contribution is 7.90. The minimum atomic E-state index is -2.46. The van der Waals surface area contributed by atoms with Crippen LogP contribution in [0.25, 0.3) is 0 Å². The third-order valence-corrected chi connectivity index (χ3v) is 4.47. The van der Waals surface area contributed by atoms with E-state index in [0.717, 1.165) is 32.6 Å². The van der Waals surface area contributed by atoms with Crippen LogP contribution in [0.3, 0.4) is 0 Å². The second-order valence-corrected chi connectivity index (χ2v) is 5.89. The van der Waals surface area contributed by atoms with E-state index >= 15 is 0 Å². The van der Waals surface area contributed by atoms with Gasteiger partial charge in [0.15, 0.2) is 0 Å². The van der Waals surface area contributed by atoms with Crippen LogP contribution in [0.2, 0.25) is 0 Å². The Kier molecular flexibility index (Phi) is 3.70. The van der Waals surface area contributed by atoms with E-state index in [1.807, 2.05) is 11.2 Å². The fourth-order valence-corrected chi connectivity index (χ4v) is 2.67. The van der Waals surface area contributed by atoms with Gasteiger partial charge in [-0.15, -0.1) is 0 Å². The average molecular weight is 205 g/mol. The lowest BCUT2D eigenvalue weighted by Gasteiger charge is -2.21. The van der Waals surface area contributed by atoms with Crippen molar-refractivity contribution < 1.29 is 4.21 Å². The van der Waals surface area contributed by atoms with Gasteiger partial charge in [-0.25, -0.2) is 13.3 Å². The summed E-state index contributed by atoms with van der Waals surface area (Å²) in [6.45, 7) is 5.38. The number of hydrogen-bond acceptors (Lipinski definition) is 3. The van der Waals surface area contributed by atoms with E-state index in [-0.39, 0.29) is 0 Å². The molecule has 1 aliphatic heterocycles. The Morgan fingerprint density at radius 1 is 1.31 bits per heavy atom. The van der Waals surface area contributed by atoms with E-state index in [1.54, 1.807) is 0 Å². The first-order chi connectivity index (χ1) is 6.06. The van der Waals surface area contributed by atoms with Crippen molar-refractivity contribution in [3.8, 4) is 0 Å². The first-order valence-electron chi connectivity index (χ1n) is 4.76. The maximum atomic E-state index is 11.7. The zero-order valence-corrected chi connectivity index (χ0v) is 9.27. The molecule has 0 radical (unpaired) electrons. The van der Waals surface area contributed by atoms with Gasteiger partial charge in [0.1, 0.15) is 9.92 Å². The van der Waals surface area contributed by atoms with Crippen molar-refractivity contribution >= 4 is 9.92 Å². The molecule has 1 saturated heterocycles. The maximum absolute atomic E-state index is 11.7. The lowest BCUT2D eigenvalue weighted by atomic mass is 10.4. The molecule has 1 fully saturated rings. The van der Waals surface area contributed by atoms with E-state index in [9.17, 15) is 4.21 Å². The van der Waals surface area contributed by atoms with Crippen molar-refractivity contribution in [1.82, 2.24) is 9.21 Å². The summed E-state index contributed by atoms with van der Waals surface area (Å²) in [7, 11) is -0.391. The normalized spacial score (nSPS) is 26.6. The second kappa shape index (κ2) is 4.39. The Morgan fingerprint density at radius 3 is 2.62 bits per heavy atom. The number of nitrogens with zero attached hydrogens (tertiary/aromatic N) is 2. The minimum absolute atomic E-state index is 0.441. The molecule has 1 N–H and O–H groups in total. The van der Waals surface area contributed by atoms with Crippen LogP contribution >= 0.6 is 0 Å². The Labute approximate surface area is 81.0 Å². The first-order valence-corrected chi connectivity index (χ1v) is 6.45. The molecule has 0 bridgehead atoms. The van der Waals surface area contributed by atoms with Crippen molar-refractivity contribution in [3.63, 3.8) is 0 Å². The van der Waals surface area contributed by atoms with Gasteiger partial charge in [0, 0.05) is 25.4 Å². The van der Waals surface area contributed by atoms with Gasteiger partial charge in [0.25, 0.3) is 0 Å². The predicted molar refractivity (Wildman–Crippen MR) is 55.1 cm³/mol. The third-order valence-electron chi connectivity index (χ3n) is 2.49. The number of hydrogen-bond donors (Lipinski definition) is 1. The zero-order chi connectivity index (χ0) is 9.90. The molecule has 1 heterocycles. The zero-order valence-electron chi connectivity index (χ0n) is 8.45. The van der Waals surface area contributed by atoms with Crippen LogP contribution in [-0.2, 0) is 9.92 Å². The van der Waals surface area contributed by atoms with Crippen LogP contribution in [0, 0.1) is 4.78 Å². The molecule has 13 heavy (non-hydrogen) atoms. The topological polar surface area (TPSA) is 47.4 Å². The van der Waals surface area contributed by atoms with Gasteiger partial charge in [-0.1, -0.05) is 6.92 Å². The summed E-state index contributed by atoms with van der Waals surface area (Å²) in [5.74, 6) is 0.441. The molecule has 4 nitrogen and oxygen atoms in total. The van der Waals surface area contributed by atoms with Crippen LogP contribution in [0.5, 0.6) is 0 Å². The van der Waals surface area contributed by atoms with Crippen LogP contribution in [0.15, 0.2) is 0 Å². The van der Waals surface area contributed by atoms with Crippen molar-refractivity contribution in [3.05, 3.63) is 0 Å². The molecule has 0 amide bonds. The number of nitrogens with one attached hydrogen (secondary N) is 1. The van der Waals surface area contributed by atoms with Gasteiger partial charge in [-0.2, -0.15) is 0 Å². The molecule has 0 spiro atoms. The van der Waals surface area contributed by atoms with Crippen LogP contribution in [-0.4, -0.2) is 52.4 Å². The smallest absolute Gasteiger partial charge is 0.107 e. The molecule has 1 aliphatic rings. The lowest BCUT2D eigenvalue weighted by Crippen LogP contribution is -2.34. The Balaban J connectivity index is 2.61. The molecule has 0 aromatic rings. The summed E-state index contributed by atoms with van der Waals surface area (Å²) in [6, 6.07) is 0. The Hall–Kier alpha value is -0.130. The summed E-state index contributed by atoms with van der Waals surface area (Å²) in [4.78, 5) is 2.23.